The Labute approximate surface area is 128 Å². The van der Waals surface area contributed by atoms with Crippen LogP contribution in [0.4, 0.5) is 5.69 Å². The minimum Gasteiger partial charge on any atom is -0.462 e. The number of rotatable bonds is 7. The fraction of sp³-hybridized carbons (Fsp3) is 0.333. The van der Waals surface area contributed by atoms with Gasteiger partial charge in [-0.2, -0.15) is 0 Å². The number of carbonyl (C=O) groups is 2. The molecule has 0 fully saturated rings. The maximum Gasteiger partial charge on any atom is 0.347 e. The summed E-state index contributed by atoms with van der Waals surface area (Å²) in [5.41, 5.74) is 0.644. The van der Waals surface area contributed by atoms with Crippen molar-refractivity contribution in [3.63, 3.8) is 0 Å². The van der Waals surface area contributed by atoms with Crippen LogP contribution in [-0.4, -0.2) is 31.4 Å². The number of benzene rings is 1. The predicted octanol–water partition coefficient (Wildman–Crippen LogP) is 2.83. The molecule has 0 bridgehead atoms. The molecule has 1 aromatic carbocycles. The third-order valence-corrected chi connectivity index (χ3v) is 3.27. The highest BCUT2D eigenvalue weighted by molar-refractivity contribution is 7.98. The van der Waals surface area contributed by atoms with Crippen LogP contribution >= 0.6 is 11.8 Å². The van der Waals surface area contributed by atoms with Gasteiger partial charge in [0, 0.05) is 11.1 Å². The van der Waals surface area contributed by atoms with Gasteiger partial charge in [0.2, 0.25) is 0 Å². The lowest BCUT2D eigenvalue weighted by atomic mass is 10.2. The Balaban J connectivity index is 2.97. The van der Waals surface area contributed by atoms with Gasteiger partial charge in [0.15, 0.2) is 5.57 Å². The summed E-state index contributed by atoms with van der Waals surface area (Å²) in [6.45, 7) is 3.74. The van der Waals surface area contributed by atoms with Crippen LogP contribution in [0.1, 0.15) is 13.8 Å². The number of hydrogen-bond donors (Lipinski definition) is 1. The fourth-order valence-electron chi connectivity index (χ4n) is 1.53. The third-order valence-electron chi connectivity index (χ3n) is 2.47. The van der Waals surface area contributed by atoms with E-state index in [0.29, 0.717) is 0 Å². The molecule has 0 unspecified atom stereocenters. The summed E-state index contributed by atoms with van der Waals surface area (Å²) in [7, 11) is 0. The molecule has 0 aliphatic rings. The number of esters is 2. The number of para-hydroxylation sites is 1. The van der Waals surface area contributed by atoms with Crippen molar-refractivity contribution in [2.45, 2.75) is 18.7 Å². The van der Waals surface area contributed by atoms with Crippen LogP contribution < -0.4 is 5.32 Å². The quantitative estimate of drug-likeness (QED) is 0.275. The van der Waals surface area contributed by atoms with Gasteiger partial charge in [0.25, 0.3) is 0 Å². The molecule has 114 valence electrons. The van der Waals surface area contributed by atoms with Crippen molar-refractivity contribution >= 4 is 29.4 Å². The Morgan fingerprint density at radius 1 is 1.14 bits per heavy atom. The second kappa shape index (κ2) is 9.07. The van der Waals surface area contributed by atoms with E-state index in [-0.39, 0.29) is 18.8 Å². The van der Waals surface area contributed by atoms with E-state index in [4.69, 9.17) is 9.47 Å². The van der Waals surface area contributed by atoms with Gasteiger partial charge in [-0.25, -0.2) is 9.59 Å². The molecular formula is C15H19NO4S. The molecule has 6 heteroatoms. The van der Waals surface area contributed by atoms with Gasteiger partial charge in [-0.1, -0.05) is 12.1 Å². The molecule has 0 spiro atoms. The average Bonchev–Trinajstić information content (AvgIpc) is 2.48. The summed E-state index contributed by atoms with van der Waals surface area (Å²) in [6, 6.07) is 7.58. The zero-order chi connectivity index (χ0) is 15.7. The highest BCUT2D eigenvalue weighted by Crippen LogP contribution is 2.24. The molecule has 0 aliphatic heterocycles. The SMILES string of the molecule is CCOC(=O)C(=CNc1ccccc1SC)C(=O)OCC. The lowest BCUT2D eigenvalue weighted by Gasteiger charge is -2.09. The fourth-order valence-corrected chi connectivity index (χ4v) is 2.09. The van der Waals surface area contributed by atoms with Crippen molar-refractivity contribution in [1.29, 1.82) is 0 Å². The molecule has 0 aliphatic carbocycles. The van der Waals surface area contributed by atoms with E-state index in [2.05, 4.69) is 5.32 Å². The van der Waals surface area contributed by atoms with Crippen LogP contribution in [0.25, 0.3) is 0 Å². The predicted molar refractivity (Wildman–Crippen MR) is 83.2 cm³/mol. The minimum atomic E-state index is -0.704. The zero-order valence-corrected chi connectivity index (χ0v) is 13.2. The van der Waals surface area contributed by atoms with Gasteiger partial charge in [-0.05, 0) is 32.2 Å². The molecule has 1 rings (SSSR count). The van der Waals surface area contributed by atoms with Crippen LogP contribution in [0.5, 0.6) is 0 Å². The van der Waals surface area contributed by atoms with Crippen molar-refractivity contribution < 1.29 is 19.1 Å². The van der Waals surface area contributed by atoms with E-state index in [1.54, 1.807) is 25.6 Å². The molecule has 0 aromatic heterocycles. The molecule has 0 heterocycles. The summed E-state index contributed by atoms with van der Waals surface area (Å²) in [5.74, 6) is -1.41. The second-order valence-corrected chi connectivity index (χ2v) is 4.69. The maximum atomic E-state index is 11.8. The molecule has 0 saturated heterocycles. The van der Waals surface area contributed by atoms with Gasteiger partial charge in [-0.15, -0.1) is 11.8 Å². The first kappa shape index (κ1) is 17.1. The topological polar surface area (TPSA) is 64.6 Å². The van der Waals surface area contributed by atoms with Gasteiger partial charge >= 0.3 is 11.9 Å². The van der Waals surface area contributed by atoms with Gasteiger partial charge < -0.3 is 14.8 Å². The highest BCUT2D eigenvalue weighted by Gasteiger charge is 2.21. The van der Waals surface area contributed by atoms with Crippen molar-refractivity contribution in [2.24, 2.45) is 0 Å². The van der Waals surface area contributed by atoms with Crippen LogP contribution in [0, 0.1) is 0 Å². The number of ether oxygens (including phenoxy) is 2. The van der Waals surface area contributed by atoms with E-state index in [1.807, 2.05) is 30.5 Å². The number of hydrogen-bond acceptors (Lipinski definition) is 6. The number of anilines is 1. The normalized spacial score (nSPS) is 9.67. The molecule has 21 heavy (non-hydrogen) atoms. The lowest BCUT2D eigenvalue weighted by molar-refractivity contribution is -0.146. The molecule has 5 nitrogen and oxygen atoms in total. The van der Waals surface area contributed by atoms with Crippen molar-refractivity contribution in [3.8, 4) is 0 Å². The lowest BCUT2D eigenvalue weighted by Crippen LogP contribution is -2.19. The summed E-state index contributed by atoms with van der Waals surface area (Å²) in [6.07, 6.45) is 3.27. The Morgan fingerprint density at radius 3 is 2.24 bits per heavy atom. The van der Waals surface area contributed by atoms with Crippen LogP contribution in [0.15, 0.2) is 40.9 Å². The zero-order valence-electron chi connectivity index (χ0n) is 12.3. The second-order valence-electron chi connectivity index (χ2n) is 3.84. The van der Waals surface area contributed by atoms with E-state index in [9.17, 15) is 9.59 Å². The Morgan fingerprint density at radius 2 is 1.71 bits per heavy atom. The molecule has 1 aromatic rings. The van der Waals surface area contributed by atoms with Crippen molar-refractivity contribution in [3.05, 3.63) is 36.0 Å². The van der Waals surface area contributed by atoms with Gasteiger partial charge in [0.05, 0.1) is 18.9 Å². The molecule has 1 N–H and O–H groups in total. The minimum absolute atomic E-state index is 0.158. The first-order valence-corrected chi connectivity index (χ1v) is 7.80. The van der Waals surface area contributed by atoms with Crippen molar-refractivity contribution in [1.82, 2.24) is 0 Å². The van der Waals surface area contributed by atoms with Gasteiger partial charge in [-0.3, -0.25) is 0 Å². The molecule has 0 radical (unpaired) electrons. The monoisotopic (exact) mass is 309 g/mol. The van der Waals surface area contributed by atoms with E-state index < -0.39 is 11.9 Å². The number of thioether (sulfide) groups is 1. The van der Waals surface area contributed by atoms with E-state index >= 15 is 0 Å². The van der Waals surface area contributed by atoms with Crippen LogP contribution in [0.2, 0.25) is 0 Å². The highest BCUT2D eigenvalue weighted by atomic mass is 32.2. The Hall–Kier alpha value is -1.95. The standard InChI is InChI=1S/C15H19NO4S/c1-4-19-14(17)11(15(18)20-5-2)10-16-12-8-6-7-9-13(12)21-3/h6-10,16H,4-5H2,1-3H3. The summed E-state index contributed by atoms with van der Waals surface area (Å²) >= 11 is 1.56. The average molecular weight is 309 g/mol. The third kappa shape index (κ3) is 5.15. The summed E-state index contributed by atoms with van der Waals surface area (Å²) < 4.78 is 9.73. The van der Waals surface area contributed by atoms with E-state index in [1.165, 1.54) is 6.20 Å². The molecular weight excluding hydrogens is 290 g/mol. The number of nitrogens with one attached hydrogen (secondary N) is 1. The molecule has 0 amide bonds. The smallest absolute Gasteiger partial charge is 0.347 e. The Kier molecular flexibility index (Phi) is 7.39. The largest absolute Gasteiger partial charge is 0.462 e. The summed E-state index contributed by atoms with van der Waals surface area (Å²) in [5, 5.41) is 2.96. The molecule has 0 atom stereocenters. The van der Waals surface area contributed by atoms with Crippen LogP contribution in [0.3, 0.4) is 0 Å². The molecule has 0 saturated carbocycles. The first-order valence-electron chi connectivity index (χ1n) is 6.58. The first-order chi connectivity index (χ1) is 10.1. The Bertz CT molecular complexity index is 508. The van der Waals surface area contributed by atoms with Gasteiger partial charge in [0.1, 0.15) is 0 Å². The number of carbonyl (C=O) groups excluding carboxylic acids is 2. The van der Waals surface area contributed by atoms with Crippen LogP contribution in [-0.2, 0) is 19.1 Å². The summed E-state index contributed by atoms with van der Waals surface area (Å²) in [4.78, 5) is 24.6. The van der Waals surface area contributed by atoms with E-state index in [0.717, 1.165) is 10.6 Å². The maximum absolute atomic E-state index is 11.8. The van der Waals surface area contributed by atoms with Crippen molar-refractivity contribution in [2.75, 3.05) is 24.8 Å².